The number of rotatable bonds is 16. The molecule has 0 heterocycles. The lowest BCUT2D eigenvalue weighted by atomic mass is 10.0. The summed E-state index contributed by atoms with van der Waals surface area (Å²) >= 11 is 0. The number of nitrogens with one attached hydrogen (secondary N) is 5. The highest BCUT2D eigenvalue weighted by atomic mass is 16.6. The summed E-state index contributed by atoms with van der Waals surface area (Å²) < 4.78 is 5.27. The molecule has 0 aromatic carbocycles. The summed E-state index contributed by atoms with van der Waals surface area (Å²) in [7, 11) is 0. The van der Waals surface area contributed by atoms with E-state index in [9.17, 15) is 28.8 Å². The molecule has 2 aliphatic carbocycles. The number of carbonyl (C=O) groups is 6. The molecular weight excluding hydrogens is 568 g/mol. The van der Waals surface area contributed by atoms with Crippen LogP contribution >= 0.6 is 0 Å². The van der Waals surface area contributed by atoms with Gasteiger partial charge in [-0.25, -0.2) is 4.79 Å². The van der Waals surface area contributed by atoms with E-state index in [0.29, 0.717) is 19.3 Å². The summed E-state index contributed by atoms with van der Waals surface area (Å²) in [5.41, 5.74) is 6.54. The van der Waals surface area contributed by atoms with Crippen molar-refractivity contribution < 1.29 is 33.5 Å². The first-order valence-electron chi connectivity index (χ1n) is 14.7. The van der Waals surface area contributed by atoms with E-state index < -0.39 is 72.4 Å². The number of primary amides is 1. The van der Waals surface area contributed by atoms with Gasteiger partial charge in [-0.15, -0.1) is 0 Å². The van der Waals surface area contributed by atoms with E-state index in [1.165, 1.54) is 0 Å². The number of amides is 6. The quantitative estimate of drug-likeness (QED) is 0.150. The van der Waals surface area contributed by atoms with Crippen LogP contribution in [0.25, 0.3) is 0 Å². The fourth-order valence-electron chi connectivity index (χ4n) is 4.45. The molecule has 7 N–H and O–H groups in total. The predicted molar refractivity (Wildman–Crippen MR) is 165 cm³/mol. The molecular formula is C31H46N6O7. The minimum absolute atomic E-state index is 0.0958. The molecule has 0 saturated carbocycles. The van der Waals surface area contributed by atoms with Gasteiger partial charge in [0.1, 0.15) is 23.7 Å². The van der Waals surface area contributed by atoms with Crippen molar-refractivity contribution >= 4 is 35.6 Å². The Hall–Kier alpha value is -4.42. The van der Waals surface area contributed by atoms with Crippen LogP contribution in [0.5, 0.6) is 0 Å². The minimum Gasteiger partial charge on any atom is -0.444 e. The van der Waals surface area contributed by atoms with Gasteiger partial charge in [-0.3, -0.25) is 24.0 Å². The number of hydrogen-bond acceptors (Lipinski definition) is 7. The molecule has 242 valence electrons. The molecule has 0 bridgehead atoms. The molecule has 13 heteroatoms. The maximum Gasteiger partial charge on any atom is 0.408 e. The summed E-state index contributed by atoms with van der Waals surface area (Å²) in [6, 6.07) is -2.88. The van der Waals surface area contributed by atoms with E-state index in [0.717, 1.165) is 11.1 Å². The van der Waals surface area contributed by atoms with Crippen LogP contribution in [-0.4, -0.2) is 72.4 Å². The summed E-state index contributed by atoms with van der Waals surface area (Å²) in [6.07, 6.45) is 12.5. The molecule has 0 aromatic heterocycles. The van der Waals surface area contributed by atoms with E-state index in [-0.39, 0.29) is 18.8 Å². The molecule has 3 atom stereocenters. The lowest BCUT2D eigenvalue weighted by molar-refractivity contribution is -0.132. The first kappa shape index (κ1) is 35.8. The Bertz CT molecular complexity index is 1210. The Labute approximate surface area is 258 Å². The Kier molecular flexibility index (Phi) is 13.8. The van der Waals surface area contributed by atoms with Crippen LogP contribution in [0.1, 0.15) is 66.7 Å². The number of allylic oxidation sites excluding steroid dienone is 6. The molecule has 13 nitrogen and oxygen atoms in total. The van der Waals surface area contributed by atoms with Crippen LogP contribution in [0.15, 0.2) is 47.6 Å². The third-order valence-corrected chi connectivity index (χ3v) is 6.52. The molecule has 0 spiro atoms. The summed E-state index contributed by atoms with van der Waals surface area (Å²) in [5, 5.41) is 12.7. The van der Waals surface area contributed by atoms with Gasteiger partial charge in [-0.2, -0.15) is 0 Å². The van der Waals surface area contributed by atoms with Crippen LogP contribution in [0.2, 0.25) is 0 Å². The van der Waals surface area contributed by atoms with Crippen molar-refractivity contribution in [1.29, 1.82) is 0 Å². The number of carbonyl (C=O) groups excluding carboxylic acids is 6. The average Bonchev–Trinajstić information content (AvgIpc) is 3.62. The topological polar surface area (TPSA) is 198 Å². The van der Waals surface area contributed by atoms with Crippen molar-refractivity contribution in [3.8, 4) is 0 Å². The summed E-state index contributed by atoms with van der Waals surface area (Å²) in [4.78, 5) is 75.3. The van der Waals surface area contributed by atoms with Crippen LogP contribution < -0.4 is 32.3 Å². The van der Waals surface area contributed by atoms with E-state index in [4.69, 9.17) is 10.5 Å². The van der Waals surface area contributed by atoms with Gasteiger partial charge in [0.25, 0.3) is 0 Å². The molecule has 6 amide bonds. The van der Waals surface area contributed by atoms with E-state index >= 15 is 0 Å². The monoisotopic (exact) mass is 614 g/mol. The number of hydrogen-bond donors (Lipinski definition) is 6. The van der Waals surface area contributed by atoms with E-state index in [1.807, 2.05) is 50.3 Å². The lowest BCUT2D eigenvalue weighted by Crippen LogP contribution is -2.54. The maximum absolute atomic E-state index is 13.1. The Morgan fingerprint density at radius 2 is 1.32 bits per heavy atom. The second kappa shape index (κ2) is 17.0. The standard InChI is InChI=1S/C31H46N6O7/c1-19(2)14-22(27(32)40)36-29(42)24(16-21-12-8-9-13-21)35-26(39)18-33-25(38)17-34-28(41)23(15-20-10-6-7-11-20)37-30(43)44-31(3,4)5/h6-10,12,19,22-24H,11,13-18H2,1-5H3,(H2,32,40)(H,33,38)(H,34,41)(H,35,39)(H,36,42)(H,37,43)/t22-,23-,24-/m0/s1. The average molecular weight is 615 g/mol. The van der Waals surface area contributed by atoms with Crippen molar-refractivity contribution in [2.24, 2.45) is 11.7 Å². The Balaban J connectivity index is 1.92. The second-order valence-electron chi connectivity index (χ2n) is 12.2. The molecule has 2 rings (SSSR count). The SMILES string of the molecule is CC(C)C[C@H](NC(=O)[C@H](CC1=CC=CC1)NC(=O)CNC(=O)CNC(=O)[C@H](CC1=CC=CC1)NC(=O)OC(C)(C)C)C(N)=O. The predicted octanol–water partition coefficient (Wildman–Crippen LogP) is 1.17. The van der Waals surface area contributed by atoms with Gasteiger partial charge in [-0.1, -0.05) is 61.4 Å². The summed E-state index contributed by atoms with van der Waals surface area (Å²) in [5.74, 6) is -3.03. The molecule has 0 unspecified atom stereocenters. The van der Waals surface area contributed by atoms with Crippen molar-refractivity contribution in [1.82, 2.24) is 26.6 Å². The number of nitrogens with two attached hydrogens (primary N) is 1. The summed E-state index contributed by atoms with van der Waals surface area (Å²) in [6.45, 7) is 7.98. The minimum atomic E-state index is -1.00. The third-order valence-electron chi connectivity index (χ3n) is 6.52. The zero-order valence-electron chi connectivity index (χ0n) is 26.2. The lowest BCUT2D eigenvalue weighted by Gasteiger charge is -2.24. The highest BCUT2D eigenvalue weighted by molar-refractivity contribution is 5.94. The van der Waals surface area contributed by atoms with Crippen LogP contribution in [-0.2, 0) is 28.7 Å². The van der Waals surface area contributed by atoms with Crippen LogP contribution in [0, 0.1) is 5.92 Å². The first-order chi connectivity index (χ1) is 20.6. The molecule has 0 radical (unpaired) electrons. The van der Waals surface area contributed by atoms with Crippen LogP contribution in [0.3, 0.4) is 0 Å². The fourth-order valence-corrected chi connectivity index (χ4v) is 4.45. The van der Waals surface area contributed by atoms with E-state index in [2.05, 4.69) is 26.6 Å². The number of alkyl carbamates (subject to hydrolysis) is 1. The second-order valence-corrected chi connectivity index (χ2v) is 12.2. The van der Waals surface area contributed by atoms with Gasteiger partial charge in [0, 0.05) is 0 Å². The van der Waals surface area contributed by atoms with Gasteiger partial charge >= 0.3 is 6.09 Å². The normalized spacial score (nSPS) is 15.9. The molecule has 0 fully saturated rings. The highest BCUT2D eigenvalue weighted by Gasteiger charge is 2.28. The Morgan fingerprint density at radius 1 is 0.773 bits per heavy atom. The van der Waals surface area contributed by atoms with Gasteiger partial charge in [-0.05, 0) is 58.8 Å². The van der Waals surface area contributed by atoms with Crippen molar-refractivity contribution in [3.63, 3.8) is 0 Å². The van der Waals surface area contributed by atoms with E-state index in [1.54, 1.807) is 20.8 Å². The van der Waals surface area contributed by atoms with Crippen molar-refractivity contribution in [3.05, 3.63) is 47.6 Å². The third kappa shape index (κ3) is 13.7. The smallest absolute Gasteiger partial charge is 0.408 e. The zero-order valence-corrected chi connectivity index (χ0v) is 26.2. The maximum atomic E-state index is 13.1. The molecule has 44 heavy (non-hydrogen) atoms. The first-order valence-corrected chi connectivity index (χ1v) is 14.7. The van der Waals surface area contributed by atoms with Gasteiger partial charge in [0.15, 0.2) is 0 Å². The number of ether oxygens (including phenoxy) is 1. The molecule has 0 aliphatic heterocycles. The zero-order chi connectivity index (χ0) is 32.9. The van der Waals surface area contributed by atoms with Crippen LogP contribution in [0.4, 0.5) is 4.79 Å². The molecule has 0 aromatic rings. The van der Waals surface area contributed by atoms with Crippen molar-refractivity contribution in [2.75, 3.05) is 13.1 Å². The molecule has 0 saturated heterocycles. The van der Waals surface area contributed by atoms with Gasteiger partial charge < -0.3 is 37.1 Å². The molecule has 2 aliphatic rings. The van der Waals surface area contributed by atoms with Gasteiger partial charge in [0.2, 0.25) is 29.5 Å². The largest absolute Gasteiger partial charge is 0.444 e. The van der Waals surface area contributed by atoms with Crippen molar-refractivity contribution in [2.45, 2.75) is 90.4 Å². The van der Waals surface area contributed by atoms with Gasteiger partial charge in [0.05, 0.1) is 13.1 Å². The Morgan fingerprint density at radius 3 is 1.80 bits per heavy atom. The highest BCUT2D eigenvalue weighted by Crippen LogP contribution is 2.18. The fraction of sp³-hybridized carbons (Fsp3) is 0.548.